The van der Waals surface area contributed by atoms with Gasteiger partial charge in [0.2, 0.25) is 5.91 Å². The number of amides is 1. The van der Waals surface area contributed by atoms with Crippen molar-refractivity contribution in [2.75, 3.05) is 6.54 Å². The predicted octanol–water partition coefficient (Wildman–Crippen LogP) is 5.15. The molecular weight excluding hydrogens is 389 g/mol. The molecule has 0 bridgehead atoms. The minimum atomic E-state index is -0.283. The number of para-hydroxylation sites is 1. The Kier molecular flexibility index (Phi) is 6.41. The van der Waals surface area contributed by atoms with Crippen LogP contribution in [0.25, 0.3) is 10.9 Å². The summed E-state index contributed by atoms with van der Waals surface area (Å²) in [7, 11) is 0. The average Bonchev–Trinajstić information content (AvgIpc) is 3.23. The molecule has 4 nitrogen and oxygen atoms in total. The van der Waals surface area contributed by atoms with E-state index in [9.17, 15) is 9.18 Å². The van der Waals surface area contributed by atoms with E-state index in [2.05, 4.69) is 34.3 Å². The van der Waals surface area contributed by atoms with Gasteiger partial charge in [0.25, 0.3) is 0 Å². The summed E-state index contributed by atoms with van der Waals surface area (Å²) in [6.07, 6.45) is 5.63. The quantitative estimate of drug-likeness (QED) is 0.418. The summed E-state index contributed by atoms with van der Waals surface area (Å²) in [5.41, 5.74) is 5.26. The second-order valence-corrected chi connectivity index (χ2v) is 7.67. The summed E-state index contributed by atoms with van der Waals surface area (Å²) in [4.78, 5) is 20.5. The van der Waals surface area contributed by atoms with Crippen molar-refractivity contribution in [1.82, 2.24) is 15.3 Å². The number of benzene rings is 2. The van der Waals surface area contributed by atoms with E-state index in [0.717, 1.165) is 34.1 Å². The Bertz CT molecular complexity index is 1150. The maximum atomic E-state index is 13.5. The maximum absolute atomic E-state index is 13.5. The van der Waals surface area contributed by atoms with Crippen LogP contribution in [0, 0.1) is 5.82 Å². The van der Waals surface area contributed by atoms with Crippen LogP contribution in [0.2, 0.25) is 0 Å². The minimum Gasteiger partial charge on any atom is -0.361 e. The van der Waals surface area contributed by atoms with Crippen molar-refractivity contribution in [2.45, 2.75) is 32.1 Å². The van der Waals surface area contributed by atoms with E-state index in [1.165, 1.54) is 17.7 Å². The largest absolute Gasteiger partial charge is 0.361 e. The van der Waals surface area contributed by atoms with Gasteiger partial charge in [-0.2, -0.15) is 0 Å². The molecule has 2 aromatic heterocycles. The van der Waals surface area contributed by atoms with Gasteiger partial charge in [-0.05, 0) is 47.4 Å². The molecule has 4 rings (SSSR count). The molecule has 2 N–H and O–H groups in total. The van der Waals surface area contributed by atoms with Crippen molar-refractivity contribution >= 4 is 16.8 Å². The molecular formula is C26H26FN3O. The summed E-state index contributed by atoms with van der Waals surface area (Å²) in [6.45, 7) is 2.65. The van der Waals surface area contributed by atoms with E-state index in [4.69, 9.17) is 0 Å². The highest BCUT2D eigenvalue weighted by Crippen LogP contribution is 2.34. The number of nitrogens with zero attached hydrogens (tertiary/aromatic N) is 1. The molecule has 0 radical (unpaired) electrons. The zero-order valence-corrected chi connectivity index (χ0v) is 17.6. The van der Waals surface area contributed by atoms with Gasteiger partial charge in [0, 0.05) is 54.3 Å². The second kappa shape index (κ2) is 9.56. The van der Waals surface area contributed by atoms with Gasteiger partial charge in [-0.25, -0.2) is 4.39 Å². The standard InChI is InChI=1S/C26H26FN3O/c1-2-18-6-5-8-22-24(17-30-26(18)22)23(19-9-11-20(27)12-10-19)16-25(31)29-15-13-21-7-3-4-14-28-21/h3-12,14,17,23,30H,2,13,15-16H2,1H3,(H,29,31)/t23-/m0/s1. The van der Waals surface area contributed by atoms with Gasteiger partial charge in [0.05, 0.1) is 0 Å². The van der Waals surface area contributed by atoms with Crippen LogP contribution in [0.3, 0.4) is 0 Å². The van der Waals surface area contributed by atoms with E-state index >= 15 is 0 Å². The molecule has 1 amide bonds. The predicted molar refractivity (Wildman–Crippen MR) is 121 cm³/mol. The van der Waals surface area contributed by atoms with E-state index < -0.39 is 0 Å². The Morgan fingerprint density at radius 3 is 2.68 bits per heavy atom. The fourth-order valence-corrected chi connectivity index (χ4v) is 4.06. The van der Waals surface area contributed by atoms with Gasteiger partial charge >= 0.3 is 0 Å². The lowest BCUT2D eigenvalue weighted by molar-refractivity contribution is -0.121. The molecule has 0 unspecified atom stereocenters. The molecule has 5 heteroatoms. The lowest BCUT2D eigenvalue weighted by Gasteiger charge is -2.17. The number of carbonyl (C=O) groups is 1. The van der Waals surface area contributed by atoms with Crippen molar-refractivity contribution in [2.24, 2.45) is 0 Å². The Balaban J connectivity index is 1.57. The summed E-state index contributed by atoms with van der Waals surface area (Å²) in [5, 5.41) is 4.12. The zero-order chi connectivity index (χ0) is 21.6. The van der Waals surface area contributed by atoms with E-state index in [0.29, 0.717) is 13.0 Å². The molecule has 0 aliphatic rings. The van der Waals surface area contributed by atoms with Crippen LogP contribution in [0.5, 0.6) is 0 Å². The normalized spacial score (nSPS) is 12.1. The number of aromatic nitrogens is 2. The van der Waals surface area contributed by atoms with Gasteiger partial charge < -0.3 is 10.3 Å². The summed E-state index contributed by atoms with van der Waals surface area (Å²) >= 11 is 0. The number of nitrogens with one attached hydrogen (secondary N) is 2. The molecule has 0 aliphatic heterocycles. The van der Waals surface area contributed by atoms with Crippen molar-refractivity contribution in [3.05, 3.63) is 101 Å². The number of carbonyl (C=O) groups excluding carboxylic acids is 1. The molecule has 31 heavy (non-hydrogen) atoms. The van der Waals surface area contributed by atoms with Crippen LogP contribution in [-0.4, -0.2) is 22.4 Å². The third-order valence-electron chi connectivity index (χ3n) is 5.68. The molecule has 0 saturated carbocycles. The lowest BCUT2D eigenvalue weighted by atomic mass is 9.87. The SMILES string of the molecule is CCc1cccc2c([C@@H](CC(=O)NCCc3ccccn3)c3ccc(F)cc3)c[nH]c12. The van der Waals surface area contributed by atoms with Crippen LogP contribution in [-0.2, 0) is 17.6 Å². The van der Waals surface area contributed by atoms with Gasteiger partial charge in [-0.15, -0.1) is 0 Å². The molecule has 4 aromatic rings. The van der Waals surface area contributed by atoms with Crippen molar-refractivity contribution in [3.8, 4) is 0 Å². The number of halogens is 1. The number of fused-ring (bicyclic) bond motifs is 1. The Hall–Kier alpha value is -3.47. The fraction of sp³-hybridized carbons (Fsp3) is 0.231. The monoisotopic (exact) mass is 415 g/mol. The number of aromatic amines is 1. The van der Waals surface area contributed by atoms with Crippen LogP contribution in [0.1, 0.15) is 41.6 Å². The number of hydrogen-bond acceptors (Lipinski definition) is 2. The number of aryl methyl sites for hydroxylation is 1. The molecule has 2 aromatic carbocycles. The first-order valence-corrected chi connectivity index (χ1v) is 10.7. The topological polar surface area (TPSA) is 57.8 Å². The first kappa shape index (κ1) is 20.8. The number of rotatable bonds is 8. The summed E-state index contributed by atoms with van der Waals surface area (Å²) < 4.78 is 13.5. The smallest absolute Gasteiger partial charge is 0.220 e. The fourth-order valence-electron chi connectivity index (χ4n) is 4.06. The highest BCUT2D eigenvalue weighted by atomic mass is 19.1. The van der Waals surface area contributed by atoms with E-state index in [1.807, 2.05) is 30.5 Å². The third-order valence-corrected chi connectivity index (χ3v) is 5.68. The molecule has 0 fully saturated rings. The summed E-state index contributed by atoms with van der Waals surface area (Å²) in [5.74, 6) is -0.489. The van der Waals surface area contributed by atoms with Crippen molar-refractivity contribution in [3.63, 3.8) is 0 Å². The highest BCUT2D eigenvalue weighted by Gasteiger charge is 2.22. The molecule has 2 heterocycles. The molecule has 1 atom stereocenters. The summed E-state index contributed by atoms with van der Waals surface area (Å²) in [6, 6.07) is 18.4. The van der Waals surface area contributed by atoms with Crippen LogP contribution >= 0.6 is 0 Å². The average molecular weight is 416 g/mol. The Labute approximate surface area is 181 Å². The number of hydrogen-bond donors (Lipinski definition) is 2. The van der Waals surface area contributed by atoms with Gasteiger partial charge in [0.1, 0.15) is 5.82 Å². The third kappa shape index (κ3) is 4.82. The van der Waals surface area contributed by atoms with Crippen molar-refractivity contribution < 1.29 is 9.18 Å². The molecule has 0 aliphatic carbocycles. The number of H-pyrrole nitrogens is 1. The zero-order valence-electron chi connectivity index (χ0n) is 17.6. The highest BCUT2D eigenvalue weighted by molar-refractivity contribution is 5.88. The van der Waals surface area contributed by atoms with Crippen LogP contribution in [0.15, 0.2) is 73.1 Å². The Morgan fingerprint density at radius 1 is 1.10 bits per heavy atom. The first-order valence-electron chi connectivity index (χ1n) is 10.7. The van der Waals surface area contributed by atoms with Crippen LogP contribution in [0.4, 0.5) is 4.39 Å². The second-order valence-electron chi connectivity index (χ2n) is 7.67. The molecule has 0 saturated heterocycles. The first-order chi connectivity index (χ1) is 15.2. The number of pyridine rings is 1. The van der Waals surface area contributed by atoms with Gasteiger partial charge in [-0.3, -0.25) is 9.78 Å². The lowest BCUT2D eigenvalue weighted by Crippen LogP contribution is -2.27. The van der Waals surface area contributed by atoms with Gasteiger partial charge in [-0.1, -0.05) is 43.3 Å². The van der Waals surface area contributed by atoms with E-state index in [-0.39, 0.29) is 24.1 Å². The molecule has 158 valence electrons. The minimum absolute atomic E-state index is 0.0359. The van der Waals surface area contributed by atoms with E-state index in [1.54, 1.807) is 18.3 Å². The maximum Gasteiger partial charge on any atom is 0.220 e. The Morgan fingerprint density at radius 2 is 1.94 bits per heavy atom. The van der Waals surface area contributed by atoms with Crippen molar-refractivity contribution in [1.29, 1.82) is 0 Å². The van der Waals surface area contributed by atoms with Gasteiger partial charge in [0.15, 0.2) is 0 Å². The van der Waals surface area contributed by atoms with Crippen LogP contribution < -0.4 is 5.32 Å². The molecule has 0 spiro atoms.